The van der Waals surface area contributed by atoms with Gasteiger partial charge >= 0.3 is 0 Å². The summed E-state index contributed by atoms with van der Waals surface area (Å²) in [6.07, 6.45) is 1.56. The van der Waals surface area contributed by atoms with Gasteiger partial charge in [-0.3, -0.25) is 4.79 Å². The lowest BCUT2D eigenvalue weighted by atomic mass is 9.94. The second-order valence-electron chi connectivity index (χ2n) is 5.04. The molecule has 2 rings (SSSR count). The van der Waals surface area contributed by atoms with Crippen LogP contribution in [-0.4, -0.2) is 62.2 Å². The second kappa shape index (κ2) is 6.47. The van der Waals surface area contributed by atoms with Crippen LogP contribution in [0.5, 0.6) is 0 Å². The first-order valence-corrected chi connectivity index (χ1v) is 6.56. The van der Waals surface area contributed by atoms with Crippen LogP contribution in [0.15, 0.2) is 0 Å². The van der Waals surface area contributed by atoms with Crippen LogP contribution in [0.25, 0.3) is 0 Å². The third-order valence-electron chi connectivity index (χ3n) is 3.47. The molecular weight excluding hydrogens is 236 g/mol. The number of ether oxygens (including phenoxy) is 2. The smallest absolute Gasteiger partial charge is 0.221 e. The standard InChI is InChI=1S/C12H22N2O4/c15-11(7-10-8-18-6-3-13-10)14-9-12(16)1-4-17-5-2-12/h10,13,16H,1-9H2,(H,14,15). The topological polar surface area (TPSA) is 79.8 Å². The maximum absolute atomic E-state index is 11.7. The van der Waals surface area contributed by atoms with E-state index in [1.54, 1.807) is 0 Å². The molecular formula is C12H22N2O4. The first-order chi connectivity index (χ1) is 8.68. The molecule has 0 aromatic rings. The third kappa shape index (κ3) is 4.20. The maximum atomic E-state index is 11.7. The molecule has 104 valence electrons. The molecule has 0 aromatic heterocycles. The summed E-state index contributed by atoms with van der Waals surface area (Å²) < 4.78 is 10.5. The molecule has 1 unspecified atom stereocenters. The molecule has 6 nitrogen and oxygen atoms in total. The van der Waals surface area contributed by atoms with Crippen molar-refractivity contribution in [3.8, 4) is 0 Å². The lowest BCUT2D eigenvalue weighted by Gasteiger charge is -2.32. The molecule has 0 radical (unpaired) electrons. The average Bonchev–Trinajstić information content (AvgIpc) is 2.39. The number of carbonyl (C=O) groups is 1. The Hall–Kier alpha value is -0.690. The molecule has 2 saturated heterocycles. The van der Waals surface area contributed by atoms with E-state index in [1.165, 1.54) is 0 Å². The molecule has 0 aromatic carbocycles. The Kier molecular flexibility index (Phi) is 4.94. The molecule has 1 atom stereocenters. The van der Waals surface area contributed by atoms with Gasteiger partial charge in [0.05, 0.1) is 18.8 Å². The minimum Gasteiger partial charge on any atom is -0.388 e. The van der Waals surface area contributed by atoms with Gasteiger partial charge < -0.3 is 25.2 Å². The van der Waals surface area contributed by atoms with E-state index < -0.39 is 5.60 Å². The number of nitrogens with one attached hydrogen (secondary N) is 2. The number of aliphatic hydroxyl groups is 1. The Bertz CT molecular complexity index is 273. The molecule has 0 bridgehead atoms. The summed E-state index contributed by atoms with van der Waals surface area (Å²) >= 11 is 0. The zero-order valence-electron chi connectivity index (χ0n) is 10.6. The highest BCUT2D eigenvalue weighted by atomic mass is 16.5. The van der Waals surface area contributed by atoms with Crippen LogP contribution in [0, 0.1) is 0 Å². The van der Waals surface area contributed by atoms with E-state index in [9.17, 15) is 9.90 Å². The van der Waals surface area contributed by atoms with Gasteiger partial charge in [-0.2, -0.15) is 0 Å². The Morgan fingerprint density at radius 1 is 1.33 bits per heavy atom. The number of carbonyl (C=O) groups excluding carboxylic acids is 1. The largest absolute Gasteiger partial charge is 0.388 e. The summed E-state index contributed by atoms with van der Waals surface area (Å²) in [5, 5.41) is 16.2. The zero-order chi connectivity index (χ0) is 12.8. The van der Waals surface area contributed by atoms with E-state index in [4.69, 9.17) is 9.47 Å². The van der Waals surface area contributed by atoms with Gasteiger partial charge in [-0.05, 0) is 0 Å². The van der Waals surface area contributed by atoms with E-state index in [0.717, 1.165) is 6.54 Å². The van der Waals surface area contributed by atoms with Crippen LogP contribution in [0.1, 0.15) is 19.3 Å². The van der Waals surface area contributed by atoms with Crippen molar-refractivity contribution in [3.63, 3.8) is 0 Å². The highest BCUT2D eigenvalue weighted by molar-refractivity contribution is 5.76. The minimum atomic E-state index is -0.801. The summed E-state index contributed by atoms with van der Waals surface area (Å²) in [5.41, 5.74) is -0.801. The number of hydrogen-bond donors (Lipinski definition) is 3. The van der Waals surface area contributed by atoms with Crippen molar-refractivity contribution in [2.24, 2.45) is 0 Å². The lowest BCUT2D eigenvalue weighted by Crippen LogP contribution is -2.49. The molecule has 2 aliphatic rings. The summed E-state index contributed by atoms with van der Waals surface area (Å²) in [4.78, 5) is 11.7. The number of rotatable bonds is 4. The van der Waals surface area contributed by atoms with E-state index in [1.807, 2.05) is 0 Å². The quantitative estimate of drug-likeness (QED) is 0.604. The van der Waals surface area contributed by atoms with E-state index in [0.29, 0.717) is 52.2 Å². The van der Waals surface area contributed by atoms with Gasteiger partial charge in [0.15, 0.2) is 0 Å². The van der Waals surface area contributed by atoms with Crippen LogP contribution in [-0.2, 0) is 14.3 Å². The van der Waals surface area contributed by atoms with Crippen LogP contribution < -0.4 is 10.6 Å². The normalized spacial score (nSPS) is 27.7. The number of hydrogen-bond acceptors (Lipinski definition) is 5. The number of amides is 1. The van der Waals surface area contributed by atoms with Gasteiger partial charge in [-0.15, -0.1) is 0 Å². The van der Waals surface area contributed by atoms with Crippen LogP contribution in [0.3, 0.4) is 0 Å². The highest BCUT2D eigenvalue weighted by Gasteiger charge is 2.30. The van der Waals surface area contributed by atoms with E-state index in [-0.39, 0.29) is 11.9 Å². The Labute approximate surface area is 107 Å². The van der Waals surface area contributed by atoms with Crippen molar-refractivity contribution < 1.29 is 19.4 Å². The maximum Gasteiger partial charge on any atom is 0.221 e. The minimum absolute atomic E-state index is 0.0436. The number of morpholine rings is 1. The molecule has 18 heavy (non-hydrogen) atoms. The van der Waals surface area contributed by atoms with Gasteiger partial charge in [-0.1, -0.05) is 0 Å². The fourth-order valence-electron chi connectivity index (χ4n) is 2.24. The fourth-order valence-corrected chi connectivity index (χ4v) is 2.24. The predicted octanol–water partition coefficient (Wildman–Crippen LogP) is -0.977. The van der Waals surface area contributed by atoms with Crippen molar-refractivity contribution in [2.75, 3.05) is 39.5 Å². The third-order valence-corrected chi connectivity index (χ3v) is 3.47. The summed E-state index contributed by atoms with van der Waals surface area (Å²) in [6, 6.07) is 0.0862. The molecule has 2 fully saturated rings. The van der Waals surface area contributed by atoms with Crippen molar-refractivity contribution in [1.29, 1.82) is 0 Å². The Morgan fingerprint density at radius 2 is 2.11 bits per heavy atom. The van der Waals surface area contributed by atoms with Gasteiger partial charge in [0.1, 0.15) is 0 Å². The van der Waals surface area contributed by atoms with Crippen molar-refractivity contribution >= 4 is 5.91 Å². The van der Waals surface area contributed by atoms with Gasteiger partial charge in [0.25, 0.3) is 0 Å². The molecule has 6 heteroatoms. The molecule has 0 saturated carbocycles. The monoisotopic (exact) mass is 258 g/mol. The molecule has 0 spiro atoms. The second-order valence-corrected chi connectivity index (χ2v) is 5.04. The van der Waals surface area contributed by atoms with Crippen LogP contribution >= 0.6 is 0 Å². The Balaban J connectivity index is 1.67. The summed E-state index contributed by atoms with van der Waals surface area (Å²) in [7, 11) is 0. The van der Waals surface area contributed by atoms with E-state index in [2.05, 4.69) is 10.6 Å². The SMILES string of the molecule is O=C(CC1COCCN1)NCC1(O)CCOCC1. The van der Waals surface area contributed by atoms with E-state index >= 15 is 0 Å². The molecule has 3 N–H and O–H groups in total. The highest BCUT2D eigenvalue weighted by Crippen LogP contribution is 2.19. The predicted molar refractivity (Wildman–Crippen MR) is 65.2 cm³/mol. The van der Waals surface area contributed by atoms with Crippen molar-refractivity contribution in [3.05, 3.63) is 0 Å². The van der Waals surface area contributed by atoms with Gasteiger partial charge in [-0.25, -0.2) is 0 Å². The molecule has 2 heterocycles. The first kappa shape index (κ1) is 13.7. The fraction of sp³-hybridized carbons (Fsp3) is 0.917. The molecule has 2 aliphatic heterocycles. The van der Waals surface area contributed by atoms with Crippen molar-refractivity contribution in [2.45, 2.75) is 30.9 Å². The zero-order valence-corrected chi connectivity index (χ0v) is 10.6. The van der Waals surface area contributed by atoms with Gasteiger partial charge in [0.2, 0.25) is 5.91 Å². The Morgan fingerprint density at radius 3 is 2.78 bits per heavy atom. The summed E-state index contributed by atoms with van der Waals surface area (Å²) in [6.45, 7) is 3.50. The molecule has 0 aliphatic carbocycles. The average molecular weight is 258 g/mol. The first-order valence-electron chi connectivity index (χ1n) is 6.56. The van der Waals surface area contributed by atoms with Crippen molar-refractivity contribution in [1.82, 2.24) is 10.6 Å². The van der Waals surface area contributed by atoms with Crippen LogP contribution in [0.4, 0.5) is 0 Å². The molecule has 1 amide bonds. The summed E-state index contributed by atoms with van der Waals surface area (Å²) in [5.74, 6) is -0.0436. The van der Waals surface area contributed by atoms with Crippen LogP contribution in [0.2, 0.25) is 0 Å². The van der Waals surface area contributed by atoms with Gasteiger partial charge in [0, 0.05) is 51.6 Å². The lowest BCUT2D eigenvalue weighted by molar-refractivity contribution is -0.125.